The van der Waals surface area contributed by atoms with E-state index in [4.69, 9.17) is 11.6 Å². The molecule has 1 aliphatic heterocycles. The van der Waals surface area contributed by atoms with Crippen LogP contribution in [0, 0.1) is 0 Å². The lowest BCUT2D eigenvalue weighted by atomic mass is 10.1. The summed E-state index contributed by atoms with van der Waals surface area (Å²) in [5.41, 5.74) is 0.507. The summed E-state index contributed by atoms with van der Waals surface area (Å²) in [7, 11) is 0. The molecule has 0 aliphatic carbocycles. The average Bonchev–Trinajstić information content (AvgIpc) is 2.73. The van der Waals surface area contributed by atoms with E-state index in [9.17, 15) is 14.7 Å². The van der Waals surface area contributed by atoms with Gasteiger partial charge in [-0.25, -0.2) is 4.79 Å². The van der Waals surface area contributed by atoms with Crippen LogP contribution in [0.25, 0.3) is 0 Å². The number of thioether (sulfide) groups is 1. The fraction of sp³-hybridized carbons (Fsp3) is 0.429. The molecule has 21 heavy (non-hydrogen) atoms. The summed E-state index contributed by atoms with van der Waals surface area (Å²) in [6.45, 7) is -0.0931. The monoisotopic (exact) mass is 328 g/mol. The third-order valence-corrected chi connectivity index (χ3v) is 4.33. The van der Waals surface area contributed by atoms with Gasteiger partial charge in [-0.2, -0.15) is 11.8 Å². The van der Waals surface area contributed by atoms with Crippen LogP contribution in [0.3, 0.4) is 0 Å². The molecule has 2 rings (SSSR count). The van der Waals surface area contributed by atoms with Crippen LogP contribution in [-0.2, 0) is 4.79 Å². The molecule has 2 atom stereocenters. The minimum absolute atomic E-state index is 0.0931. The van der Waals surface area contributed by atoms with Crippen molar-refractivity contribution >= 4 is 35.3 Å². The summed E-state index contributed by atoms with van der Waals surface area (Å²) in [5.74, 6) is 0.498. The second-order valence-corrected chi connectivity index (χ2v) is 6.16. The molecule has 3 amide bonds. The summed E-state index contributed by atoms with van der Waals surface area (Å²) < 4.78 is 0. The molecule has 0 radical (unpaired) electrons. The highest BCUT2D eigenvalue weighted by Gasteiger charge is 2.38. The highest BCUT2D eigenvalue weighted by atomic mass is 35.5. The third kappa shape index (κ3) is 3.70. The van der Waals surface area contributed by atoms with Crippen molar-refractivity contribution in [3.05, 3.63) is 34.9 Å². The van der Waals surface area contributed by atoms with Crippen LogP contribution in [0.5, 0.6) is 0 Å². The van der Waals surface area contributed by atoms with Gasteiger partial charge in [0.1, 0.15) is 6.04 Å². The Balaban J connectivity index is 2.04. The van der Waals surface area contributed by atoms with Crippen molar-refractivity contribution < 1.29 is 14.7 Å². The first-order valence-electron chi connectivity index (χ1n) is 6.58. The summed E-state index contributed by atoms with van der Waals surface area (Å²) in [4.78, 5) is 25.1. The van der Waals surface area contributed by atoms with Gasteiger partial charge in [-0.15, -0.1) is 0 Å². The van der Waals surface area contributed by atoms with E-state index in [2.05, 4.69) is 5.32 Å². The maximum Gasteiger partial charge on any atom is 0.324 e. The molecule has 1 heterocycles. The number of hydrogen-bond acceptors (Lipinski definition) is 4. The predicted molar refractivity (Wildman–Crippen MR) is 83.4 cm³/mol. The molecule has 0 spiro atoms. The first kappa shape index (κ1) is 16.1. The number of nitrogens with zero attached hydrogens (tertiary/aromatic N) is 1. The number of hydrogen-bond donors (Lipinski definition) is 2. The number of carbonyl (C=O) groups is 2. The molecule has 1 aromatic rings. The predicted octanol–water partition coefficient (Wildman–Crippen LogP) is 2.05. The molecule has 1 aromatic carbocycles. The van der Waals surface area contributed by atoms with Gasteiger partial charge in [-0.1, -0.05) is 29.8 Å². The lowest BCUT2D eigenvalue weighted by molar-refractivity contribution is -0.128. The number of carbonyl (C=O) groups excluding carboxylic acids is 2. The smallest absolute Gasteiger partial charge is 0.324 e. The van der Waals surface area contributed by atoms with Gasteiger partial charge < -0.3 is 10.4 Å². The number of urea groups is 1. The molecule has 1 fully saturated rings. The van der Waals surface area contributed by atoms with Crippen molar-refractivity contribution in [3.63, 3.8) is 0 Å². The second kappa shape index (κ2) is 7.15. The largest absolute Gasteiger partial charge is 0.386 e. The fourth-order valence-corrected chi connectivity index (χ4v) is 2.93. The lowest BCUT2D eigenvalue weighted by Gasteiger charge is -2.18. The Hall–Kier alpha value is -1.24. The van der Waals surface area contributed by atoms with Crippen LogP contribution in [0.1, 0.15) is 18.1 Å². The molecule has 0 saturated carbocycles. The lowest BCUT2D eigenvalue weighted by Crippen LogP contribution is -2.35. The number of benzene rings is 1. The first-order valence-corrected chi connectivity index (χ1v) is 8.35. The SMILES string of the molecule is CSCC[C@H]1NC(=O)N(C[C@H](O)c2ccccc2Cl)C1=O. The zero-order valence-electron chi connectivity index (χ0n) is 11.6. The van der Waals surface area contributed by atoms with Gasteiger partial charge in [0, 0.05) is 10.6 Å². The van der Waals surface area contributed by atoms with E-state index in [-0.39, 0.29) is 12.5 Å². The Labute approximate surface area is 132 Å². The van der Waals surface area contributed by atoms with E-state index in [0.29, 0.717) is 17.0 Å². The summed E-state index contributed by atoms with van der Waals surface area (Å²) in [6, 6.07) is 5.88. The molecule has 0 aromatic heterocycles. The number of imide groups is 1. The van der Waals surface area contributed by atoms with E-state index >= 15 is 0 Å². The number of β-amino-alcohol motifs (C(OH)–C–C–N with tert-alkyl or cyclic N) is 1. The van der Waals surface area contributed by atoms with Crippen molar-refractivity contribution in [2.75, 3.05) is 18.6 Å². The number of rotatable bonds is 6. The van der Waals surface area contributed by atoms with Crippen LogP contribution in [0.2, 0.25) is 5.02 Å². The normalized spacial score (nSPS) is 19.8. The summed E-state index contributed by atoms with van der Waals surface area (Å²) in [6.07, 6.45) is 1.54. The molecule has 7 heteroatoms. The van der Waals surface area contributed by atoms with Crippen molar-refractivity contribution in [2.24, 2.45) is 0 Å². The van der Waals surface area contributed by atoms with Crippen molar-refractivity contribution in [2.45, 2.75) is 18.6 Å². The highest BCUT2D eigenvalue weighted by molar-refractivity contribution is 7.98. The van der Waals surface area contributed by atoms with Gasteiger partial charge in [-0.3, -0.25) is 9.69 Å². The molecule has 0 unspecified atom stereocenters. The second-order valence-electron chi connectivity index (χ2n) is 4.77. The Morgan fingerprint density at radius 2 is 2.14 bits per heavy atom. The minimum atomic E-state index is -0.993. The molecule has 0 bridgehead atoms. The first-order chi connectivity index (χ1) is 10.0. The fourth-order valence-electron chi connectivity index (χ4n) is 2.20. The van der Waals surface area contributed by atoms with Gasteiger partial charge in [-0.05, 0) is 24.5 Å². The quantitative estimate of drug-likeness (QED) is 0.784. The van der Waals surface area contributed by atoms with Crippen molar-refractivity contribution in [1.29, 1.82) is 0 Å². The minimum Gasteiger partial charge on any atom is -0.386 e. The number of halogens is 1. The van der Waals surface area contributed by atoms with Crippen LogP contribution in [0.15, 0.2) is 24.3 Å². The number of aliphatic hydroxyl groups excluding tert-OH is 1. The average molecular weight is 329 g/mol. The Kier molecular flexibility index (Phi) is 5.50. The van der Waals surface area contributed by atoms with Gasteiger partial charge in [0.05, 0.1) is 12.6 Å². The van der Waals surface area contributed by atoms with Gasteiger partial charge in [0.15, 0.2) is 0 Å². The van der Waals surface area contributed by atoms with Crippen molar-refractivity contribution in [3.8, 4) is 0 Å². The number of amides is 3. The van der Waals surface area contributed by atoms with Gasteiger partial charge in [0.2, 0.25) is 0 Å². The third-order valence-electron chi connectivity index (χ3n) is 3.34. The molecular formula is C14H17ClN2O3S. The summed E-state index contributed by atoms with van der Waals surface area (Å²) >= 11 is 7.62. The van der Waals surface area contributed by atoms with Crippen LogP contribution >= 0.6 is 23.4 Å². The molecule has 1 saturated heterocycles. The molecule has 2 N–H and O–H groups in total. The molecule has 5 nitrogen and oxygen atoms in total. The van der Waals surface area contributed by atoms with Crippen LogP contribution < -0.4 is 5.32 Å². The van der Waals surface area contributed by atoms with Crippen LogP contribution in [0.4, 0.5) is 4.79 Å². The van der Waals surface area contributed by atoms with E-state index in [1.54, 1.807) is 36.0 Å². The van der Waals surface area contributed by atoms with E-state index < -0.39 is 18.2 Å². The van der Waals surface area contributed by atoms with E-state index in [1.807, 2.05) is 6.26 Å². The Morgan fingerprint density at radius 1 is 1.43 bits per heavy atom. The molecular weight excluding hydrogens is 312 g/mol. The topological polar surface area (TPSA) is 69.6 Å². The number of aliphatic hydroxyl groups is 1. The van der Waals surface area contributed by atoms with Crippen LogP contribution in [-0.4, -0.2) is 46.5 Å². The van der Waals surface area contributed by atoms with E-state index in [0.717, 1.165) is 10.7 Å². The Bertz CT molecular complexity index is 541. The summed E-state index contributed by atoms with van der Waals surface area (Å²) in [5, 5.41) is 13.3. The van der Waals surface area contributed by atoms with Crippen molar-refractivity contribution in [1.82, 2.24) is 10.2 Å². The molecule has 114 valence electrons. The highest BCUT2D eigenvalue weighted by Crippen LogP contribution is 2.24. The van der Waals surface area contributed by atoms with Gasteiger partial charge in [0.25, 0.3) is 5.91 Å². The molecule has 1 aliphatic rings. The zero-order valence-corrected chi connectivity index (χ0v) is 13.2. The maximum atomic E-state index is 12.2. The Morgan fingerprint density at radius 3 is 2.81 bits per heavy atom. The maximum absolute atomic E-state index is 12.2. The standard InChI is InChI=1S/C14H17ClN2O3S/c1-21-7-6-11-13(19)17(14(20)16-11)8-12(18)9-4-2-3-5-10(9)15/h2-5,11-12,18H,6-8H2,1H3,(H,16,20)/t11-,12+/m1/s1. The zero-order chi connectivity index (χ0) is 15.4. The van der Waals surface area contributed by atoms with E-state index in [1.165, 1.54) is 0 Å². The number of nitrogens with one attached hydrogen (secondary N) is 1. The van der Waals surface area contributed by atoms with Gasteiger partial charge >= 0.3 is 6.03 Å².